The molecule has 0 saturated carbocycles. The Hall–Kier alpha value is -2.88. The molecular formula is C34H40BrN3O4S. The number of amides is 3. The second-order valence-electron chi connectivity index (χ2n) is 12.5. The summed E-state index contributed by atoms with van der Waals surface area (Å²) in [5, 5.41) is 10.6. The Morgan fingerprint density at radius 3 is 2.23 bits per heavy atom. The third-order valence-electron chi connectivity index (χ3n) is 8.97. The Bertz CT molecular complexity index is 1380. The van der Waals surface area contributed by atoms with Gasteiger partial charge in [-0.2, -0.15) is 0 Å². The maximum atomic E-state index is 14.8. The molecule has 5 rings (SSSR count). The molecule has 7 atom stereocenters. The Kier molecular flexibility index (Phi) is 8.99. The summed E-state index contributed by atoms with van der Waals surface area (Å²) in [4.78, 5) is 49.2. The van der Waals surface area contributed by atoms with Gasteiger partial charge in [-0.25, -0.2) is 0 Å². The number of carbonyl (C=O) groups is 3. The number of aliphatic hydroxyl groups is 1. The molecule has 228 valence electrons. The minimum Gasteiger partial charge on any atom is -0.394 e. The fourth-order valence-corrected chi connectivity index (χ4v) is 10.8. The molecule has 2 aromatic carbocycles. The van der Waals surface area contributed by atoms with Gasteiger partial charge in [0.15, 0.2) is 0 Å². The van der Waals surface area contributed by atoms with E-state index in [0.717, 1.165) is 11.3 Å². The van der Waals surface area contributed by atoms with Crippen molar-refractivity contribution in [3.8, 4) is 0 Å². The molecule has 0 radical (unpaired) electrons. The SMILES string of the molecule is C=CCN(C(=O)[C@H]1[C@H]2C(=O)N([C@H](CO)c3ccccc3)C(C(=O)N(CC=C)C(C)(C)C)C23CC(Br)[C@@H]1S3)c1ccccc1. The largest absolute Gasteiger partial charge is 0.394 e. The van der Waals surface area contributed by atoms with Crippen molar-refractivity contribution in [3.63, 3.8) is 0 Å². The van der Waals surface area contributed by atoms with Crippen LogP contribution in [-0.2, 0) is 14.4 Å². The smallest absolute Gasteiger partial charge is 0.247 e. The highest BCUT2D eigenvalue weighted by Gasteiger charge is 2.76. The number of benzene rings is 2. The van der Waals surface area contributed by atoms with Crippen LogP contribution in [0.15, 0.2) is 86.0 Å². The number of halogens is 1. The summed E-state index contributed by atoms with van der Waals surface area (Å²) in [6.07, 6.45) is 3.95. The minimum absolute atomic E-state index is 0.0705. The highest BCUT2D eigenvalue weighted by atomic mass is 79.9. The Morgan fingerprint density at radius 2 is 1.67 bits per heavy atom. The second kappa shape index (κ2) is 12.3. The van der Waals surface area contributed by atoms with Crippen LogP contribution in [-0.4, -0.2) is 78.7 Å². The van der Waals surface area contributed by atoms with E-state index in [2.05, 4.69) is 29.1 Å². The van der Waals surface area contributed by atoms with Gasteiger partial charge in [0.25, 0.3) is 0 Å². The average molecular weight is 667 g/mol. The molecule has 3 aliphatic heterocycles. The lowest BCUT2D eigenvalue weighted by molar-refractivity contribution is -0.148. The van der Waals surface area contributed by atoms with Gasteiger partial charge < -0.3 is 19.8 Å². The number of hydrogen-bond donors (Lipinski definition) is 1. The summed E-state index contributed by atoms with van der Waals surface area (Å²) in [7, 11) is 0. The van der Waals surface area contributed by atoms with Crippen molar-refractivity contribution in [3.05, 3.63) is 91.5 Å². The number of hydrogen-bond acceptors (Lipinski definition) is 5. The zero-order valence-electron chi connectivity index (χ0n) is 24.9. The molecule has 3 unspecified atom stereocenters. The standard InChI is InChI=1S/C34H40BrN3O4S/c1-6-18-36(23-16-12-9-13-17-23)30(40)26-27-31(41)38(25(21-39)22-14-10-8-11-15-22)29(34(27)20-24(35)28(26)43-34)32(42)37(19-7-2)33(3,4)5/h6-17,24-29,39H,1-2,18-21H2,3-5H3/t24?,25-,26+,27+,28+,29?,34?/m1/s1. The van der Waals surface area contributed by atoms with Gasteiger partial charge in [-0.1, -0.05) is 76.6 Å². The van der Waals surface area contributed by atoms with Gasteiger partial charge in [-0.05, 0) is 44.9 Å². The number of para-hydroxylation sites is 1. The molecule has 3 saturated heterocycles. The first kappa shape index (κ1) is 31.5. The number of carbonyl (C=O) groups excluding carboxylic acids is 3. The van der Waals surface area contributed by atoms with E-state index in [1.54, 1.807) is 38.6 Å². The van der Waals surface area contributed by atoms with Crippen LogP contribution in [0, 0.1) is 11.8 Å². The fraction of sp³-hybridized carbons (Fsp3) is 0.441. The van der Waals surface area contributed by atoms with Crippen LogP contribution in [0.25, 0.3) is 0 Å². The number of fused-ring (bicyclic) bond motifs is 1. The molecule has 2 bridgehead atoms. The fourth-order valence-electron chi connectivity index (χ4n) is 7.20. The van der Waals surface area contributed by atoms with E-state index in [1.807, 2.05) is 81.4 Å². The van der Waals surface area contributed by atoms with Crippen LogP contribution in [0.3, 0.4) is 0 Å². The van der Waals surface area contributed by atoms with Crippen LogP contribution in [0.4, 0.5) is 5.69 Å². The Morgan fingerprint density at radius 1 is 1.07 bits per heavy atom. The first-order valence-corrected chi connectivity index (χ1v) is 16.5. The highest BCUT2D eigenvalue weighted by molar-refractivity contribution is 9.09. The molecule has 1 N–H and O–H groups in total. The summed E-state index contributed by atoms with van der Waals surface area (Å²) in [5.41, 5.74) is 0.931. The first-order valence-electron chi connectivity index (χ1n) is 14.7. The van der Waals surface area contributed by atoms with Crippen molar-refractivity contribution < 1.29 is 19.5 Å². The predicted octanol–water partition coefficient (Wildman–Crippen LogP) is 5.22. The maximum Gasteiger partial charge on any atom is 0.247 e. The number of aliphatic hydroxyl groups excluding tert-OH is 1. The van der Waals surface area contributed by atoms with Gasteiger partial charge in [0.05, 0.1) is 29.2 Å². The summed E-state index contributed by atoms with van der Waals surface area (Å²) in [6, 6.07) is 17.2. The number of likely N-dealkylation sites (tertiary alicyclic amines) is 1. The van der Waals surface area contributed by atoms with E-state index in [0.29, 0.717) is 19.5 Å². The lowest BCUT2D eigenvalue weighted by atomic mass is 9.70. The zero-order chi connectivity index (χ0) is 31.1. The zero-order valence-corrected chi connectivity index (χ0v) is 27.3. The summed E-state index contributed by atoms with van der Waals surface area (Å²) >= 11 is 5.47. The highest BCUT2D eigenvalue weighted by Crippen LogP contribution is 2.69. The van der Waals surface area contributed by atoms with E-state index < -0.39 is 34.2 Å². The monoisotopic (exact) mass is 665 g/mol. The number of nitrogens with zero attached hydrogens (tertiary/aromatic N) is 3. The van der Waals surface area contributed by atoms with Crippen molar-refractivity contribution >= 4 is 51.1 Å². The number of thioether (sulfide) groups is 1. The van der Waals surface area contributed by atoms with Crippen molar-refractivity contribution in [1.29, 1.82) is 0 Å². The van der Waals surface area contributed by atoms with E-state index in [-0.39, 0.29) is 34.4 Å². The molecule has 9 heteroatoms. The van der Waals surface area contributed by atoms with Crippen LogP contribution in [0.1, 0.15) is 38.8 Å². The van der Waals surface area contributed by atoms with E-state index in [1.165, 1.54) is 0 Å². The lowest BCUT2D eigenvalue weighted by Gasteiger charge is -2.43. The van der Waals surface area contributed by atoms with E-state index in [4.69, 9.17) is 0 Å². The third kappa shape index (κ3) is 5.27. The second-order valence-corrected chi connectivity index (χ2v) is 15.2. The average Bonchev–Trinajstić information content (AvgIpc) is 3.58. The van der Waals surface area contributed by atoms with Crippen LogP contribution in [0.5, 0.6) is 0 Å². The van der Waals surface area contributed by atoms with Crippen LogP contribution < -0.4 is 4.90 Å². The topological polar surface area (TPSA) is 81.2 Å². The first-order chi connectivity index (χ1) is 20.5. The number of alkyl halides is 1. The van der Waals surface area contributed by atoms with Gasteiger partial charge in [0.1, 0.15) is 6.04 Å². The van der Waals surface area contributed by atoms with Crippen molar-refractivity contribution in [2.45, 2.75) is 59.6 Å². The lowest BCUT2D eigenvalue weighted by Crippen LogP contribution is -2.59. The van der Waals surface area contributed by atoms with Gasteiger partial charge >= 0.3 is 0 Å². The quantitative estimate of drug-likeness (QED) is 0.278. The van der Waals surface area contributed by atoms with E-state index >= 15 is 0 Å². The number of anilines is 1. The normalized spacial score (nSPS) is 28.3. The van der Waals surface area contributed by atoms with Crippen molar-refractivity contribution in [1.82, 2.24) is 9.80 Å². The maximum absolute atomic E-state index is 14.8. The minimum atomic E-state index is -0.876. The summed E-state index contributed by atoms with van der Waals surface area (Å²) in [6.45, 7) is 13.9. The molecule has 43 heavy (non-hydrogen) atoms. The molecule has 3 aliphatic rings. The molecule has 2 aromatic rings. The molecule has 3 heterocycles. The molecule has 0 aromatic heterocycles. The van der Waals surface area contributed by atoms with Crippen LogP contribution >= 0.6 is 27.7 Å². The van der Waals surface area contributed by atoms with Gasteiger partial charge in [-0.3, -0.25) is 14.4 Å². The predicted molar refractivity (Wildman–Crippen MR) is 176 cm³/mol. The molecule has 1 spiro atoms. The summed E-state index contributed by atoms with van der Waals surface area (Å²) < 4.78 is -0.850. The van der Waals surface area contributed by atoms with Gasteiger partial charge in [0.2, 0.25) is 17.7 Å². The van der Waals surface area contributed by atoms with Crippen molar-refractivity contribution in [2.24, 2.45) is 11.8 Å². The Balaban J connectivity index is 1.66. The Labute approximate surface area is 267 Å². The van der Waals surface area contributed by atoms with E-state index in [9.17, 15) is 19.5 Å². The molecular weight excluding hydrogens is 626 g/mol. The van der Waals surface area contributed by atoms with Crippen LogP contribution in [0.2, 0.25) is 0 Å². The van der Waals surface area contributed by atoms with Gasteiger partial charge in [-0.15, -0.1) is 24.9 Å². The third-order valence-corrected chi connectivity index (χ3v) is 12.2. The summed E-state index contributed by atoms with van der Waals surface area (Å²) in [5.74, 6) is -1.98. The molecule has 7 nitrogen and oxygen atoms in total. The number of rotatable bonds is 10. The molecule has 0 aliphatic carbocycles. The molecule has 3 fully saturated rings. The van der Waals surface area contributed by atoms with Gasteiger partial charge in [0, 0.05) is 34.4 Å². The molecule has 3 amide bonds. The van der Waals surface area contributed by atoms with Crippen molar-refractivity contribution in [2.75, 3.05) is 24.6 Å².